The number of benzene rings is 2. The molecule has 0 spiro atoms. The number of rotatable bonds is 6. The van der Waals surface area contributed by atoms with Gasteiger partial charge < -0.3 is 5.32 Å². The van der Waals surface area contributed by atoms with E-state index in [0.29, 0.717) is 31.7 Å². The van der Waals surface area contributed by atoms with Crippen molar-refractivity contribution in [3.63, 3.8) is 0 Å². The van der Waals surface area contributed by atoms with Crippen LogP contribution in [-0.2, 0) is 28.0 Å². The maximum Gasteiger partial charge on any atom is 0.282 e. The van der Waals surface area contributed by atoms with Crippen LogP contribution >= 0.6 is 0 Å². The van der Waals surface area contributed by atoms with Crippen molar-refractivity contribution in [2.24, 2.45) is 0 Å². The molecule has 7 heteroatoms. The first kappa shape index (κ1) is 19.5. The van der Waals surface area contributed by atoms with Crippen LogP contribution in [0.5, 0.6) is 0 Å². The minimum absolute atomic E-state index is 0.177. The molecule has 0 unspecified atom stereocenters. The molecule has 1 saturated heterocycles. The third kappa shape index (κ3) is 4.94. The fraction of sp³-hybridized carbons (Fsp3) is 0.350. The van der Waals surface area contributed by atoms with Gasteiger partial charge in [-0.15, -0.1) is 0 Å². The summed E-state index contributed by atoms with van der Waals surface area (Å²) < 4.78 is 28.5. The van der Waals surface area contributed by atoms with Crippen molar-refractivity contribution < 1.29 is 13.2 Å². The summed E-state index contributed by atoms with van der Waals surface area (Å²) in [5, 5.41) is 2.80. The topological polar surface area (TPSA) is 69.7 Å². The summed E-state index contributed by atoms with van der Waals surface area (Å²) in [5.41, 5.74) is 2.74. The number of aryl methyl sites for hydroxylation is 1. The maximum absolute atomic E-state index is 12.9. The molecule has 0 saturated carbocycles. The van der Waals surface area contributed by atoms with Gasteiger partial charge in [0.15, 0.2) is 0 Å². The van der Waals surface area contributed by atoms with Gasteiger partial charge in [0.05, 0.1) is 6.54 Å². The molecule has 27 heavy (non-hydrogen) atoms. The predicted molar refractivity (Wildman–Crippen MR) is 106 cm³/mol. The van der Waals surface area contributed by atoms with Gasteiger partial charge in [0.1, 0.15) is 0 Å². The number of hydrogen-bond acceptors (Lipinski definition) is 3. The van der Waals surface area contributed by atoms with Crippen molar-refractivity contribution in [1.82, 2.24) is 8.61 Å². The Morgan fingerprint density at radius 3 is 2.44 bits per heavy atom. The first-order valence-corrected chi connectivity index (χ1v) is 10.6. The van der Waals surface area contributed by atoms with E-state index in [1.807, 2.05) is 61.5 Å². The highest BCUT2D eigenvalue weighted by Gasteiger charge is 2.34. The van der Waals surface area contributed by atoms with Crippen LogP contribution in [0.1, 0.15) is 24.5 Å². The Hall–Kier alpha value is -2.22. The monoisotopic (exact) mass is 387 g/mol. The molecule has 1 heterocycles. The molecule has 1 aliphatic rings. The molecule has 2 aromatic carbocycles. The van der Waals surface area contributed by atoms with Crippen molar-refractivity contribution in [1.29, 1.82) is 0 Å². The highest BCUT2D eigenvalue weighted by Crippen LogP contribution is 2.19. The van der Waals surface area contributed by atoms with Gasteiger partial charge in [0, 0.05) is 25.3 Å². The standard InChI is InChI=1S/C20H25N3O3S/c1-2-17-10-6-11-19(14-17)21-20(24)16-23-13-7-12-22(27(23,25)26)15-18-8-4-3-5-9-18/h3-6,8-11,14H,2,7,12-13,15-16H2,1H3,(H,21,24). The largest absolute Gasteiger partial charge is 0.325 e. The summed E-state index contributed by atoms with van der Waals surface area (Å²) in [7, 11) is -3.66. The van der Waals surface area contributed by atoms with Crippen LogP contribution < -0.4 is 5.32 Å². The van der Waals surface area contributed by atoms with Gasteiger partial charge in [-0.25, -0.2) is 0 Å². The highest BCUT2D eigenvalue weighted by molar-refractivity contribution is 7.86. The third-order valence-electron chi connectivity index (χ3n) is 4.61. The van der Waals surface area contributed by atoms with Crippen LogP contribution in [0.15, 0.2) is 54.6 Å². The number of carbonyl (C=O) groups excluding carboxylic acids is 1. The molecular formula is C20H25N3O3S. The van der Waals surface area contributed by atoms with Gasteiger partial charge in [-0.2, -0.15) is 17.0 Å². The molecule has 1 amide bonds. The lowest BCUT2D eigenvalue weighted by Crippen LogP contribution is -2.51. The van der Waals surface area contributed by atoms with E-state index in [9.17, 15) is 13.2 Å². The number of amides is 1. The summed E-state index contributed by atoms with van der Waals surface area (Å²) in [6.07, 6.45) is 1.57. The molecule has 144 valence electrons. The Balaban J connectivity index is 1.65. The quantitative estimate of drug-likeness (QED) is 0.828. The first-order valence-electron chi connectivity index (χ1n) is 9.17. The molecule has 0 aromatic heterocycles. The fourth-order valence-corrected chi connectivity index (χ4v) is 4.79. The normalized spacial score (nSPS) is 17.5. The van der Waals surface area contributed by atoms with Crippen molar-refractivity contribution in [2.75, 3.05) is 25.0 Å². The minimum atomic E-state index is -3.66. The lowest BCUT2D eigenvalue weighted by atomic mass is 10.1. The second-order valence-corrected chi connectivity index (χ2v) is 8.54. The number of carbonyl (C=O) groups is 1. The molecule has 1 N–H and O–H groups in total. The second-order valence-electron chi connectivity index (χ2n) is 6.62. The smallest absolute Gasteiger partial charge is 0.282 e. The van der Waals surface area contributed by atoms with Crippen LogP contribution in [0.25, 0.3) is 0 Å². The summed E-state index contributed by atoms with van der Waals surface area (Å²) in [4.78, 5) is 12.4. The lowest BCUT2D eigenvalue weighted by molar-refractivity contribution is -0.116. The fourth-order valence-electron chi connectivity index (χ4n) is 3.16. The van der Waals surface area contributed by atoms with Crippen molar-refractivity contribution in [2.45, 2.75) is 26.3 Å². The van der Waals surface area contributed by atoms with Crippen molar-refractivity contribution >= 4 is 21.8 Å². The zero-order valence-electron chi connectivity index (χ0n) is 15.5. The van der Waals surface area contributed by atoms with E-state index in [1.54, 1.807) is 0 Å². The van der Waals surface area contributed by atoms with E-state index < -0.39 is 10.2 Å². The summed E-state index contributed by atoms with van der Waals surface area (Å²) >= 11 is 0. The lowest BCUT2D eigenvalue weighted by Gasteiger charge is -2.34. The average molecular weight is 388 g/mol. The second kappa shape index (κ2) is 8.65. The van der Waals surface area contributed by atoms with Gasteiger partial charge in [-0.1, -0.05) is 49.4 Å². The molecule has 0 bridgehead atoms. The van der Waals surface area contributed by atoms with Crippen LogP contribution in [0.3, 0.4) is 0 Å². The Labute approximate surface area is 161 Å². The summed E-state index contributed by atoms with van der Waals surface area (Å²) in [5.74, 6) is -0.326. The molecule has 6 nitrogen and oxygen atoms in total. The van der Waals surface area contributed by atoms with E-state index >= 15 is 0 Å². The molecule has 0 atom stereocenters. The zero-order chi connectivity index (χ0) is 19.3. The van der Waals surface area contributed by atoms with Gasteiger partial charge in [-0.3, -0.25) is 4.79 Å². The Morgan fingerprint density at radius 2 is 1.70 bits per heavy atom. The SMILES string of the molecule is CCc1cccc(NC(=O)CN2CCCN(Cc3ccccc3)S2(=O)=O)c1. The van der Waals surface area contributed by atoms with Gasteiger partial charge in [0.25, 0.3) is 10.2 Å². The zero-order valence-corrected chi connectivity index (χ0v) is 16.3. The van der Waals surface area contributed by atoms with Gasteiger partial charge >= 0.3 is 0 Å². The third-order valence-corrected chi connectivity index (χ3v) is 6.54. The summed E-state index contributed by atoms with van der Waals surface area (Å²) in [6, 6.07) is 17.1. The van der Waals surface area contributed by atoms with Gasteiger partial charge in [-0.05, 0) is 36.1 Å². The molecule has 0 aliphatic carbocycles. The van der Waals surface area contributed by atoms with Crippen LogP contribution in [0.2, 0.25) is 0 Å². The number of nitrogens with zero attached hydrogens (tertiary/aromatic N) is 2. The molecular weight excluding hydrogens is 362 g/mol. The highest BCUT2D eigenvalue weighted by atomic mass is 32.2. The van der Waals surface area contributed by atoms with E-state index in [2.05, 4.69) is 5.32 Å². The minimum Gasteiger partial charge on any atom is -0.325 e. The Kier molecular flexibility index (Phi) is 6.26. The van der Waals surface area contributed by atoms with Crippen molar-refractivity contribution in [3.8, 4) is 0 Å². The van der Waals surface area contributed by atoms with Gasteiger partial charge in [0.2, 0.25) is 5.91 Å². The maximum atomic E-state index is 12.9. The summed E-state index contributed by atoms with van der Waals surface area (Å²) in [6.45, 7) is 3.01. The Bertz CT molecular complexity index is 884. The predicted octanol–water partition coefficient (Wildman–Crippen LogP) is 2.64. The van der Waals surface area contributed by atoms with Crippen molar-refractivity contribution in [3.05, 3.63) is 65.7 Å². The number of hydrogen-bond donors (Lipinski definition) is 1. The van der Waals surface area contributed by atoms with Crippen LogP contribution in [0.4, 0.5) is 5.69 Å². The molecule has 0 radical (unpaired) electrons. The number of nitrogens with one attached hydrogen (secondary N) is 1. The van der Waals surface area contributed by atoms with E-state index in [0.717, 1.165) is 17.5 Å². The molecule has 1 fully saturated rings. The molecule has 1 aliphatic heterocycles. The van der Waals surface area contributed by atoms with Crippen LogP contribution in [0, 0.1) is 0 Å². The Morgan fingerprint density at radius 1 is 1.00 bits per heavy atom. The first-order chi connectivity index (χ1) is 13.0. The number of anilines is 1. The average Bonchev–Trinajstić information content (AvgIpc) is 2.66. The molecule has 2 aromatic rings. The van der Waals surface area contributed by atoms with E-state index in [1.165, 1.54) is 8.61 Å². The van der Waals surface area contributed by atoms with E-state index in [4.69, 9.17) is 0 Å². The van der Waals surface area contributed by atoms with E-state index in [-0.39, 0.29) is 12.5 Å². The van der Waals surface area contributed by atoms with Crippen LogP contribution in [-0.4, -0.2) is 42.6 Å². The molecule has 3 rings (SSSR count).